The van der Waals surface area contributed by atoms with Crippen LogP contribution in [0.5, 0.6) is 5.75 Å². The third-order valence-corrected chi connectivity index (χ3v) is 5.99. The number of hydrogen-bond acceptors (Lipinski definition) is 6. The Kier molecular flexibility index (Phi) is 6.77. The van der Waals surface area contributed by atoms with Gasteiger partial charge >= 0.3 is 12.0 Å². The monoisotopic (exact) mass is 443 g/mol. The van der Waals surface area contributed by atoms with Crippen LogP contribution >= 0.6 is 0 Å². The van der Waals surface area contributed by atoms with Crippen molar-refractivity contribution in [3.63, 3.8) is 0 Å². The predicted molar refractivity (Wildman–Crippen MR) is 117 cm³/mol. The van der Waals surface area contributed by atoms with E-state index in [4.69, 9.17) is 4.74 Å². The van der Waals surface area contributed by atoms with Gasteiger partial charge in [0.15, 0.2) is 5.96 Å². The van der Waals surface area contributed by atoms with Gasteiger partial charge in [0.25, 0.3) is 0 Å². The molecule has 3 aliphatic rings. The number of amides is 3. The minimum Gasteiger partial charge on any atom is -0.493 e. The molecule has 3 N–H and O–H groups in total. The van der Waals surface area contributed by atoms with Crippen LogP contribution in [0.3, 0.4) is 0 Å². The number of benzene rings is 1. The fourth-order valence-corrected chi connectivity index (χ4v) is 4.20. The molecule has 3 amide bonds. The highest BCUT2D eigenvalue weighted by Crippen LogP contribution is 2.30. The number of nitrogens with one attached hydrogen (secondary N) is 2. The second-order valence-electron chi connectivity index (χ2n) is 8.23. The average molecular weight is 444 g/mol. The molecule has 4 rings (SSSR count). The van der Waals surface area contributed by atoms with E-state index in [9.17, 15) is 19.5 Å². The molecule has 10 heteroatoms. The summed E-state index contributed by atoms with van der Waals surface area (Å²) in [6.45, 7) is 3.66. The van der Waals surface area contributed by atoms with E-state index in [1.165, 1.54) is 0 Å². The van der Waals surface area contributed by atoms with Crippen molar-refractivity contribution in [2.75, 3.05) is 45.9 Å². The lowest BCUT2D eigenvalue weighted by Gasteiger charge is -2.22. The second kappa shape index (κ2) is 9.88. The van der Waals surface area contributed by atoms with Crippen LogP contribution in [0, 0.1) is 0 Å². The van der Waals surface area contributed by atoms with Gasteiger partial charge in [-0.05, 0) is 30.0 Å². The number of urea groups is 1. The molecule has 10 nitrogen and oxygen atoms in total. The Bertz CT molecular complexity index is 918. The van der Waals surface area contributed by atoms with Crippen molar-refractivity contribution < 1.29 is 24.2 Å². The molecular formula is C22H29N5O5. The summed E-state index contributed by atoms with van der Waals surface area (Å²) in [7, 11) is 0. The molecule has 1 saturated heterocycles. The fourth-order valence-electron chi connectivity index (χ4n) is 4.20. The van der Waals surface area contributed by atoms with Crippen molar-refractivity contribution in [3.8, 4) is 5.75 Å². The number of carboxylic acids is 1. The zero-order valence-electron chi connectivity index (χ0n) is 18.0. The molecule has 0 aliphatic carbocycles. The lowest BCUT2D eigenvalue weighted by atomic mass is 9.96. The molecule has 1 aromatic rings. The number of carbonyl (C=O) groups excluding carboxylic acids is 2. The number of carbonyl (C=O) groups is 3. The first-order valence-corrected chi connectivity index (χ1v) is 11.1. The van der Waals surface area contributed by atoms with Crippen LogP contribution in [0.4, 0.5) is 4.79 Å². The van der Waals surface area contributed by atoms with Gasteiger partial charge in [0.2, 0.25) is 5.91 Å². The Morgan fingerprint density at radius 2 is 2.12 bits per heavy atom. The van der Waals surface area contributed by atoms with Crippen molar-refractivity contribution >= 4 is 23.9 Å². The maximum atomic E-state index is 12.8. The van der Waals surface area contributed by atoms with Gasteiger partial charge in [0, 0.05) is 52.1 Å². The zero-order chi connectivity index (χ0) is 22.5. The van der Waals surface area contributed by atoms with Gasteiger partial charge in [-0.2, -0.15) is 0 Å². The molecule has 1 aromatic carbocycles. The molecule has 172 valence electrons. The lowest BCUT2D eigenvalue weighted by molar-refractivity contribution is -0.139. The smallest absolute Gasteiger partial charge is 0.320 e. The summed E-state index contributed by atoms with van der Waals surface area (Å²) < 4.78 is 5.56. The van der Waals surface area contributed by atoms with Gasteiger partial charge < -0.3 is 25.0 Å². The minimum absolute atomic E-state index is 0.107. The van der Waals surface area contributed by atoms with Crippen LogP contribution in [0.15, 0.2) is 23.2 Å². The van der Waals surface area contributed by atoms with Gasteiger partial charge in [-0.15, -0.1) is 0 Å². The topological polar surface area (TPSA) is 124 Å². The van der Waals surface area contributed by atoms with Gasteiger partial charge in [0.1, 0.15) is 5.75 Å². The number of hydrogen-bond donors (Lipinski definition) is 3. The predicted octanol–water partition coefficient (Wildman–Crippen LogP) is 0.773. The van der Waals surface area contributed by atoms with E-state index in [2.05, 4.69) is 15.6 Å². The van der Waals surface area contributed by atoms with E-state index < -0.39 is 11.9 Å². The Morgan fingerprint density at radius 3 is 2.91 bits per heavy atom. The summed E-state index contributed by atoms with van der Waals surface area (Å²) >= 11 is 0. The second-order valence-corrected chi connectivity index (χ2v) is 8.23. The van der Waals surface area contributed by atoms with E-state index in [0.717, 1.165) is 30.7 Å². The Hall–Kier alpha value is -3.30. The molecule has 1 atom stereocenters. The molecule has 1 fully saturated rings. The first-order chi connectivity index (χ1) is 15.5. The van der Waals surface area contributed by atoms with E-state index >= 15 is 0 Å². The summed E-state index contributed by atoms with van der Waals surface area (Å²) in [5.41, 5.74) is 1.72. The lowest BCUT2D eigenvalue weighted by Crippen LogP contribution is -2.43. The maximum absolute atomic E-state index is 12.8. The number of rotatable bonds is 8. The van der Waals surface area contributed by atoms with Crippen LogP contribution in [0.2, 0.25) is 0 Å². The normalized spacial score (nSPS) is 18.5. The maximum Gasteiger partial charge on any atom is 0.320 e. The molecular weight excluding hydrogens is 414 g/mol. The number of ether oxygens (including phenoxy) is 1. The third-order valence-electron chi connectivity index (χ3n) is 5.99. The highest BCUT2D eigenvalue weighted by molar-refractivity contribution is 5.97. The van der Waals surface area contributed by atoms with E-state index in [1.807, 2.05) is 12.1 Å². The molecule has 0 unspecified atom stereocenters. The van der Waals surface area contributed by atoms with Gasteiger partial charge in [-0.25, -0.2) is 4.79 Å². The van der Waals surface area contributed by atoms with Crippen molar-refractivity contribution in [1.82, 2.24) is 20.4 Å². The molecule has 0 aromatic heterocycles. The third kappa shape index (κ3) is 5.12. The Morgan fingerprint density at radius 1 is 1.28 bits per heavy atom. The van der Waals surface area contributed by atoms with Crippen LogP contribution < -0.4 is 15.4 Å². The minimum atomic E-state index is -0.967. The Labute approximate surface area is 186 Å². The number of aliphatic carboxylic acids is 1. The fraction of sp³-hybridized carbons (Fsp3) is 0.545. The zero-order valence-corrected chi connectivity index (χ0v) is 18.0. The molecule has 3 heterocycles. The van der Waals surface area contributed by atoms with Gasteiger partial charge in [-0.1, -0.05) is 12.1 Å². The SMILES string of the molecule is O=C(CCCN1CCN(C[C@@H](C(=O)O)c2ccc3c(c2)OCC3)C1=O)NC1=NCCCN1. The van der Waals surface area contributed by atoms with E-state index in [-0.39, 0.29) is 24.9 Å². The van der Waals surface area contributed by atoms with E-state index in [1.54, 1.807) is 15.9 Å². The first-order valence-electron chi connectivity index (χ1n) is 11.1. The molecule has 0 saturated carbocycles. The van der Waals surface area contributed by atoms with Crippen LogP contribution in [0.25, 0.3) is 0 Å². The molecule has 0 radical (unpaired) electrons. The highest BCUT2D eigenvalue weighted by Gasteiger charge is 2.33. The van der Waals surface area contributed by atoms with Gasteiger partial charge in [0.05, 0.1) is 12.5 Å². The number of aliphatic imine (C=N–C) groups is 1. The summed E-state index contributed by atoms with van der Waals surface area (Å²) in [6, 6.07) is 5.32. The number of nitrogens with zero attached hydrogens (tertiary/aromatic N) is 3. The number of guanidine groups is 1. The highest BCUT2D eigenvalue weighted by atomic mass is 16.5. The molecule has 3 aliphatic heterocycles. The standard InChI is InChI=1S/C22H29N5O5/c28-19(25-21-23-7-2-8-24-21)3-1-9-26-10-11-27(22(26)31)14-17(20(29)30)16-5-4-15-6-12-32-18(15)13-16/h4-5,13,17H,1-3,6-12,14H2,(H,29,30)(H2,23,24,25,28)/t17-/m1/s1. The summed E-state index contributed by atoms with van der Waals surface area (Å²) in [5, 5.41) is 15.6. The Balaban J connectivity index is 1.27. The molecule has 0 spiro atoms. The van der Waals surface area contributed by atoms with Crippen LogP contribution in [0.1, 0.15) is 36.3 Å². The molecule has 32 heavy (non-hydrogen) atoms. The van der Waals surface area contributed by atoms with Crippen molar-refractivity contribution in [2.24, 2.45) is 4.99 Å². The average Bonchev–Trinajstić information content (AvgIpc) is 3.39. The van der Waals surface area contributed by atoms with Crippen LogP contribution in [-0.2, 0) is 16.0 Å². The largest absolute Gasteiger partial charge is 0.493 e. The number of carboxylic acid groups (broad SMARTS) is 1. The van der Waals surface area contributed by atoms with Crippen molar-refractivity contribution in [3.05, 3.63) is 29.3 Å². The van der Waals surface area contributed by atoms with Crippen molar-refractivity contribution in [1.29, 1.82) is 0 Å². The van der Waals surface area contributed by atoms with Gasteiger partial charge in [-0.3, -0.25) is 19.9 Å². The first kappa shape index (κ1) is 21.9. The molecule has 0 bridgehead atoms. The van der Waals surface area contributed by atoms with E-state index in [0.29, 0.717) is 50.7 Å². The summed E-state index contributed by atoms with van der Waals surface area (Å²) in [5.74, 6) is -0.670. The summed E-state index contributed by atoms with van der Waals surface area (Å²) in [4.78, 5) is 44.2. The van der Waals surface area contributed by atoms with Crippen LogP contribution in [-0.4, -0.2) is 84.6 Å². The van der Waals surface area contributed by atoms with Crippen molar-refractivity contribution in [2.45, 2.75) is 31.6 Å². The summed E-state index contributed by atoms with van der Waals surface area (Å²) in [6.07, 6.45) is 2.60. The number of fused-ring (bicyclic) bond motifs is 1. The quantitative estimate of drug-likeness (QED) is 0.545.